The Bertz CT molecular complexity index is 768. The van der Waals surface area contributed by atoms with Gasteiger partial charge >= 0.3 is 0 Å². The normalized spacial score (nSPS) is 14.3. The third kappa shape index (κ3) is 5.39. The first kappa shape index (κ1) is 19.6. The van der Waals surface area contributed by atoms with Gasteiger partial charge in [-0.2, -0.15) is 0 Å². The number of rotatable bonds is 6. The summed E-state index contributed by atoms with van der Waals surface area (Å²) in [5, 5.41) is 3.51. The van der Waals surface area contributed by atoms with E-state index >= 15 is 0 Å². The van der Waals surface area contributed by atoms with Crippen molar-refractivity contribution in [1.29, 1.82) is 0 Å². The minimum Gasteiger partial charge on any atom is -0.484 e. The molecule has 0 bridgehead atoms. The van der Waals surface area contributed by atoms with Crippen LogP contribution in [0.15, 0.2) is 42.5 Å². The van der Waals surface area contributed by atoms with Gasteiger partial charge in [-0.05, 0) is 61.1 Å². The van der Waals surface area contributed by atoms with Crippen molar-refractivity contribution in [3.8, 4) is 5.75 Å². The van der Waals surface area contributed by atoms with Gasteiger partial charge in [0.25, 0.3) is 5.91 Å². The van der Waals surface area contributed by atoms with E-state index in [1.54, 1.807) is 6.07 Å². The molecular formula is C22H27ClN2O2. The first-order valence-corrected chi connectivity index (χ1v) is 9.98. The minimum absolute atomic E-state index is 0.0352. The van der Waals surface area contributed by atoms with Gasteiger partial charge in [-0.25, -0.2) is 0 Å². The summed E-state index contributed by atoms with van der Waals surface area (Å²) >= 11 is 6.44. The van der Waals surface area contributed by atoms with Crippen LogP contribution < -0.4 is 15.0 Å². The van der Waals surface area contributed by atoms with E-state index in [9.17, 15) is 4.79 Å². The molecule has 1 N–H and O–H groups in total. The van der Waals surface area contributed by atoms with Crippen molar-refractivity contribution in [1.82, 2.24) is 0 Å². The molecule has 5 heteroatoms. The smallest absolute Gasteiger partial charge is 0.262 e. The molecule has 27 heavy (non-hydrogen) atoms. The van der Waals surface area contributed by atoms with Crippen molar-refractivity contribution in [3.63, 3.8) is 0 Å². The summed E-state index contributed by atoms with van der Waals surface area (Å²) in [7, 11) is 0. The Morgan fingerprint density at radius 3 is 2.44 bits per heavy atom. The summed E-state index contributed by atoms with van der Waals surface area (Å²) in [6, 6.07) is 13.5. The highest BCUT2D eigenvalue weighted by molar-refractivity contribution is 6.33. The topological polar surface area (TPSA) is 41.6 Å². The van der Waals surface area contributed by atoms with Crippen LogP contribution in [0.1, 0.15) is 44.6 Å². The van der Waals surface area contributed by atoms with Gasteiger partial charge in [0, 0.05) is 18.8 Å². The van der Waals surface area contributed by atoms with Crippen LogP contribution in [-0.4, -0.2) is 25.6 Å². The molecule has 1 saturated heterocycles. The lowest BCUT2D eigenvalue weighted by Gasteiger charge is -2.29. The summed E-state index contributed by atoms with van der Waals surface area (Å²) in [6.45, 7) is 6.33. The number of anilines is 2. The van der Waals surface area contributed by atoms with Crippen LogP contribution in [0.2, 0.25) is 5.02 Å². The van der Waals surface area contributed by atoms with Crippen molar-refractivity contribution >= 4 is 28.9 Å². The van der Waals surface area contributed by atoms with Crippen molar-refractivity contribution < 1.29 is 9.53 Å². The lowest BCUT2D eigenvalue weighted by atomic mass is 10.0. The fourth-order valence-electron chi connectivity index (χ4n) is 3.27. The van der Waals surface area contributed by atoms with Crippen molar-refractivity contribution in [2.75, 3.05) is 29.9 Å². The maximum absolute atomic E-state index is 12.2. The average molecular weight is 387 g/mol. The van der Waals surface area contributed by atoms with Gasteiger partial charge in [-0.3, -0.25) is 4.79 Å². The molecule has 1 fully saturated rings. The number of piperidine rings is 1. The number of halogens is 1. The zero-order chi connectivity index (χ0) is 19.2. The zero-order valence-corrected chi connectivity index (χ0v) is 16.8. The highest BCUT2D eigenvalue weighted by atomic mass is 35.5. The predicted molar refractivity (Wildman–Crippen MR) is 112 cm³/mol. The Hall–Kier alpha value is -2.20. The number of hydrogen-bond donors (Lipinski definition) is 1. The number of benzene rings is 2. The highest BCUT2D eigenvalue weighted by Crippen LogP contribution is 2.30. The Labute approximate surface area is 166 Å². The summed E-state index contributed by atoms with van der Waals surface area (Å²) in [4.78, 5) is 14.5. The predicted octanol–water partition coefficient (Wildman–Crippen LogP) is 5.47. The molecule has 1 aliphatic rings. The number of carbonyl (C=O) groups is 1. The SMILES string of the molecule is CC(C)c1ccc(OCC(=O)Nc2ccc(N3CCCCC3)c(Cl)c2)cc1. The van der Waals surface area contributed by atoms with Crippen LogP contribution >= 0.6 is 11.6 Å². The Balaban J connectivity index is 1.53. The van der Waals surface area contributed by atoms with Crippen molar-refractivity contribution in [2.45, 2.75) is 39.0 Å². The Morgan fingerprint density at radius 1 is 1.11 bits per heavy atom. The van der Waals surface area contributed by atoms with E-state index in [1.165, 1.54) is 24.8 Å². The van der Waals surface area contributed by atoms with Crippen molar-refractivity contribution in [2.24, 2.45) is 0 Å². The molecule has 0 unspecified atom stereocenters. The van der Waals surface area contributed by atoms with E-state index in [0.29, 0.717) is 22.4 Å². The second-order valence-corrected chi connectivity index (χ2v) is 7.68. The molecule has 2 aromatic carbocycles. The third-order valence-electron chi connectivity index (χ3n) is 4.84. The molecule has 1 amide bonds. The standard InChI is InChI=1S/C22H27ClN2O2/c1-16(2)17-6-9-19(10-7-17)27-15-22(26)24-18-8-11-21(20(23)14-18)25-12-4-3-5-13-25/h6-11,14,16H,3-5,12-13,15H2,1-2H3,(H,24,26). The molecule has 0 saturated carbocycles. The van der Waals surface area contributed by atoms with Crippen molar-refractivity contribution in [3.05, 3.63) is 53.1 Å². The lowest BCUT2D eigenvalue weighted by molar-refractivity contribution is -0.118. The van der Waals surface area contributed by atoms with Gasteiger partial charge in [-0.1, -0.05) is 37.6 Å². The second kappa shape index (κ2) is 9.14. The minimum atomic E-state index is -0.204. The van der Waals surface area contributed by atoms with Gasteiger partial charge in [0.1, 0.15) is 5.75 Å². The summed E-state index contributed by atoms with van der Waals surface area (Å²) in [5.41, 5.74) is 2.97. The van der Waals surface area contributed by atoms with E-state index in [4.69, 9.17) is 16.3 Å². The van der Waals surface area contributed by atoms with Crippen LogP contribution in [0, 0.1) is 0 Å². The van der Waals surface area contributed by atoms with E-state index in [1.807, 2.05) is 36.4 Å². The Kier molecular flexibility index (Phi) is 6.62. The van der Waals surface area contributed by atoms with Gasteiger partial charge < -0.3 is 15.0 Å². The molecule has 3 rings (SSSR count). The van der Waals surface area contributed by atoms with E-state index in [2.05, 4.69) is 24.1 Å². The third-order valence-corrected chi connectivity index (χ3v) is 5.15. The van der Waals surface area contributed by atoms with Crippen LogP contribution in [0.5, 0.6) is 5.75 Å². The van der Waals surface area contributed by atoms with Gasteiger partial charge in [-0.15, -0.1) is 0 Å². The molecule has 4 nitrogen and oxygen atoms in total. The van der Waals surface area contributed by atoms with E-state index in [0.717, 1.165) is 18.8 Å². The number of amides is 1. The fourth-order valence-corrected chi connectivity index (χ4v) is 3.57. The van der Waals surface area contributed by atoms with E-state index < -0.39 is 0 Å². The molecule has 0 atom stereocenters. The van der Waals surface area contributed by atoms with E-state index in [-0.39, 0.29) is 12.5 Å². The fraction of sp³-hybridized carbons (Fsp3) is 0.409. The molecule has 1 heterocycles. The molecule has 0 spiro atoms. The first-order chi connectivity index (χ1) is 13.0. The molecule has 2 aromatic rings. The molecule has 1 aliphatic heterocycles. The number of nitrogens with one attached hydrogen (secondary N) is 1. The Morgan fingerprint density at radius 2 is 1.81 bits per heavy atom. The monoisotopic (exact) mass is 386 g/mol. The van der Waals surface area contributed by atoms with Crippen LogP contribution in [0.4, 0.5) is 11.4 Å². The number of hydrogen-bond acceptors (Lipinski definition) is 3. The van der Waals surface area contributed by atoms with Gasteiger partial charge in [0.15, 0.2) is 6.61 Å². The highest BCUT2D eigenvalue weighted by Gasteiger charge is 2.14. The summed E-state index contributed by atoms with van der Waals surface area (Å²) in [5.74, 6) is 0.956. The molecule has 0 radical (unpaired) electrons. The van der Waals surface area contributed by atoms with Crippen LogP contribution in [0.3, 0.4) is 0 Å². The largest absolute Gasteiger partial charge is 0.484 e. The maximum atomic E-state index is 12.2. The number of carbonyl (C=O) groups excluding carboxylic acids is 1. The number of ether oxygens (including phenoxy) is 1. The second-order valence-electron chi connectivity index (χ2n) is 7.27. The summed E-state index contributed by atoms with van der Waals surface area (Å²) in [6.07, 6.45) is 3.68. The average Bonchev–Trinajstić information content (AvgIpc) is 2.67. The van der Waals surface area contributed by atoms with Gasteiger partial charge in [0.05, 0.1) is 10.7 Å². The molecule has 144 valence electrons. The first-order valence-electron chi connectivity index (χ1n) is 9.60. The summed E-state index contributed by atoms with van der Waals surface area (Å²) < 4.78 is 5.57. The number of nitrogens with zero attached hydrogens (tertiary/aromatic N) is 1. The maximum Gasteiger partial charge on any atom is 0.262 e. The zero-order valence-electron chi connectivity index (χ0n) is 16.0. The lowest BCUT2D eigenvalue weighted by Crippen LogP contribution is -2.29. The van der Waals surface area contributed by atoms with Crippen LogP contribution in [0.25, 0.3) is 0 Å². The molecule has 0 aliphatic carbocycles. The quantitative estimate of drug-likeness (QED) is 0.715. The molecule has 0 aromatic heterocycles. The van der Waals surface area contributed by atoms with Crippen LogP contribution in [-0.2, 0) is 4.79 Å². The molecular weight excluding hydrogens is 360 g/mol. The van der Waals surface area contributed by atoms with Gasteiger partial charge in [0.2, 0.25) is 0 Å².